The molecule has 150 valence electrons. The first-order chi connectivity index (χ1) is 13.2. The Morgan fingerprint density at radius 1 is 1.11 bits per heavy atom. The number of urea groups is 1. The van der Waals surface area contributed by atoms with Crippen molar-refractivity contribution in [3.05, 3.63) is 29.8 Å². The first-order valence-corrected chi connectivity index (χ1v) is 10.5. The molecule has 5 nitrogen and oxygen atoms in total. The van der Waals surface area contributed by atoms with Gasteiger partial charge in [-0.15, -0.1) is 0 Å². The van der Waals surface area contributed by atoms with Gasteiger partial charge in [0.15, 0.2) is 0 Å². The quantitative estimate of drug-likeness (QED) is 0.807. The van der Waals surface area contributed by atoms with Crippen molar-refractivity contribution in [1.29, 1.82) is 0 Å². The number of carbonyl (C=O) groups excluding carboxylic acids is 1. The fourth-order valence-electron chi connectivity index (χ4n) is 4.32. The van der Waals surface area contributed by atoms with Gasteiger partial charge in [0.2, 0.25) is 0 Å². The van der Waals surface area contributed by atoms with Gasteiger partial charge in [0.05, 0.1) is 6.61 Å². The van der Waals surface area contributed by atoms with Gasteiger partial charge in [0.1, 0.15) is 0 Å². The van der Waals surface area contributed by atoms with Crippen LogP contribution in [0.15, 0.2) is 24.3 Å². The molecular formula is C22H35N3O2. The van der Waals surface area contributed by atoms with Crippen LogP contribution in [0.25, 0.3) is 0 Å². The SMILES string of the molecule is COCc1ccc(NC(=O)N2CCC(CCN3CCCC[C@H]3C)CC2)cc1. The Bertz CT molecular complexity index is 582. The first-order valence-electron chi connectivity index (χ1n) is 10.5. The van der Waals surface area contributed by atoms with E-state index in [2.05, 4.69) is 17.1 Å². The fraction of sp³-hybridized carbons (Fsp3) is 0.682. The van der Waals surface area contributed by atoms with Crippen LogP contribution < -0.4 is 5.32 Å². The zero-order valence-electron chi connectivity index (χ0n) is 17.0. The minimum atomic E-state index is 0.0256. The van der Waals surface area contributed by atoms with E-state index in [4.69, 9.17) is 4.74 Å². The van der Waals surface area contributed by atoms with Crippen LogP contribution in [0.2, 0.25) is 0 Å². The highest BCUT2D eigenvalue weighted by Crippen LogP contribution is 2.24. The van der Waals surface area contributed by atoms with Crippen LogP contribution in [0.4, 0.5) is 10.5 Å². The number of anilines is 1. The highest BCUT2D eigenvalue weighted by molar-refractivity contribution is 5.89. The lowest BCUT2D eigenvalue weighted by Gasteiger charge is -2.36. The second-order valence-corrected chi connectivity index (χ2v) is 8.16. The standard InChI is InChI=1S/C22H35N3O2/c1-18-5-3-4-13-24(18)14-10-19-11-15-25(16-12-19)22(26)23-21-8-6-20(7-9-21)17-27-2/h6-9,18-19H,3-5,10-17H2,1-2H3,(H,23,26)/t18-/m1/s1. The maximum Gasteiger partial charge on any atom is 0.321 e. The van der Waals surface area contributed by atoms with Crippen molar-refractivity contribution in [3.63, 3.8) is 0 Å². The molecule has 1 aromatic carbocycles. The summed E-state index contributed by atoms with van der Waals surface area (Å²) in [5.41, 5.74) is 1.96. The van der Waals surface area contributed by atoms with E-state index in [1.165, 1.54) is 38.8 Å². The van der Waals surface area contributed by atoms with Crippen molar-refractivity contribution in [2.24, 2.45) is 5.92 Å². The molecule has 2 amide bonds. The van der Waals surface area contributed by atoms with Gasteiger partial charge < -0.3 is 19.9 Å². The van der Waals surface area contributed by atoms with Crippen molar-refractivity contribution >= 4 is 11.7 Å². The molecule has 0 radical (unpaired) electrons. The zero-order valence-corrected chi connectivity index (χ0v) is 17.0. The summed E-state index contributed by atoms with van der Waals surface area (Å²) < 4.78 is 5.12. The lowest BCUT2D eigenvalue weighted by Crippen LogP contribution is -2.42. The Labute approximate surface area is 164 Å². The Morgan fingerprint density at radius 2 is 1.85 bits per heavy atom. The van der Waals surface area contributed by atoms with Gasteiger partial charge in [0.25, 0.3) is 0 Å². The second kappa shape index (κ2) is 10.1. The molecule has 0 bridgehead atoms. The maximum atomic E-state index is 12.5. The smallest absolute Gasteiger partial charge is 0.321 e. The number of likely N-dealkylation sites (tertiary alicyclic amines) is 2. The summed E-state index contributed by atoms with van der Waals surface area (Å²) in [5, 5.41) is 3.02. The van der Waals surface area contributed by atoms with Crippen molar-refractivity contribution < 1.29 is 9.53 Å². The lowest BCUT2D eigenvalue weighted by molar-refractivity contribution is 0.134. The molecule has 0 unspecified atom stereocenters. The number of ether oxygens (including phenoxy) is 1. The molecule has 5 heteroatoms. The predicted octanol–water partition coefficient (Wildman–Crippen LogP) is 4.34. The summed E-state index contributed by atoms with van der Waals surface area (Å²) >= 11 is 0. The van der Waals surface area contributed by atoms with Crippen LogP contribution in [-0.2, 0) is 11.3 Å². The molecular weight excluding hydrogens is 338 g/mol. The van der Waals surface area contributed by atoms with Crippen LogP contribution >= 0.6 is 0 Å². The number of methoxy groups -OCH3 is 1. The van der Waals surface area contributed by atoms with Crippen molar-refractivity contribution in [1.82, 2.24) is 9.80 Å². The van der Waals surface area contributed by atoms with Gasteiger partial charge in [-0.25, -0.2) is 4.79 Å². The largest absolute Gasteiger partial charge is 0.380 e. The van der Waals surface area contributed by atoms with Gasteiger partial charge >= 0.3 is 6.03 Å². The number of nitrogens with one attached hydrogen (secondary N) is 1. The number of carbonyl (C=O) groups is 1. The third-order valence-corrected chi connectivity index (χ3v) is 6.18. The molecule has 2 heterocycles. The molecule has 2 saturated heterocycles. The minimum absolute atomic E-state index is 0.0256. The molecule has 2 aliphatic rings. The summed E-state index contributed by atoms with van der Waals surface area (Å²) in [6.07, 6.45) is 7.63. The van der Waals surface area contributed by atoms with Crippen LogP contribution in [0.5, 0.6) is 0 Å². The third-order valence-electron chi connectivity index (χ3n) is 6.18. The van der Waals surface area contributed by atoms with Crippen molar-refractivity contribution in [2.45, 2.75) is 58.1 Å². The summed E-state index contributed by atoms with van der Waals surface area (Å²) in [4.78, 5) is 17.1. The number of benzene rings is 1. The van der Waals surface area contributed by atoms with Crippen molar-refractivity contribution in [3.8, 4) is 0 Å². The van der Waals surface area contributed by atoms with E-state index in [1.807, 2.05) is 29.2 Å². The molecule has 3 rings (SSSR count). The summed E-state index contributed by atoms with van der Waals surface area (Å²) in [5.74, 6) is 0.761. The highest BCUT2D eigenvalue weighted by Gasteiger charge is 2.24. The number of hydrogen-bond donors (Lipinski definition) is 1. The molecule has 0 saturated carbocycles. The topological polar surface area (TPSA) is 44.8 Å². The monoisotopic (exact) mass is 373 g/mol. The average Bonchev–Trinajstić information content (AvgIpc) is 2.69. The van der Waals surface area contributed by atoms with Crippen LogP contribution in [0.1, 0.15) is 51.0 Å². The molecule has 27 heavy (non-hydrogen) atoms. The first kappa shape index (κ1) is 20.2. The maximum absolute atomic E-state index is 12.5. The zero-order chi connectivity index (χ0) is 19.1. The normalized spacial score (nSPS) is 22.0. The van der Waals surface area contributed by atoms with E-state index in [0.29, 0.717) is 6.61 Å². The van der Waals surface area contributed by atoms with Gasteiger partial charge in [-0.1, -0.05) is 18.6 Å². The lowest BCUT2D eigenvalue weighted by atomic mass is 9.92. The fourth-order valence-corrected chi connectivity index (χ4v) is 4.32. The Balaban J connectivity index is 1.38. The average molecular weight is 374 g/mol. The molecule has 2 aliphatic heterocycles. The summed E-state index contributed by atoms with van der Waals surface area (Å²) in [6, 6.07) is 8.65. The van der Waals surface area contributed by atoms with Gasteiger partial charge in [-0.3, -0.25) is 0 Å². The summed E-state index contributed by atoms with van der Waals surface area (Å²) in [6.45, 7) is 7.20. The van der Waals surface area contributed by atoms with E-state index >= 15 is 0 Å². The van der Waals surface area contributed by atoms with E-state index in [-0.39, 0.29) is 6.03 Å². The van der Waals surface area contributed by atoms with Crippen LogP contribution in [0, 0.1) is 5.92 Å². The van der Waals surface area contributed by atoms with E-state index < -0.39 is 0 Å². The Hall–Kier alpha value is -1.59. The molecule has 0 spiro atoms. The number of nitrogens with zero attached hydrogens (tertiary/aromatic N) is 2. The highest BCUT2D eigenvalue weighted by atomic mass is 16.5. The van der Waals surface area contributed by atoms with Gasteiger partial charge in [-0.2, -0.15) is 0 Å². The van der Waals surface area contributed by atoms with Gasteiger partial charge in [-0.05, 0) is 75.7 Å². The second-order valence-electron chi connectivity index (χ2n) is 8.16. The predicted molar refractivity (Wildman–Crippen MR) is 110 cm³/mol. The molecule has 2 fully saturated rings. The Morgan fingerprint density at radius 3 is 2.52 bits per heavy atom. The van der Waals surface area contributed by atoms with Crippen molar-refractivity contribution in [2.75, 3.05) is 38.6 Å². The number of rotatable bonds is 6. The number of piperidine rings is 2. The van der Waals surface area contributed by atoms with Crippen LogP contribution in [0.3, 0.4) is 0 Å². The number of hydrogen-bond acceptors (Lipinski definition) is 3. The van der Waals surface area contributed by atoms with Crippen LogP contribution in [-0.4, -0.2) is 55.2 Å². The molecule has 1 N–H and O–H groups in total. The third kappa shape index (κ3) is 5.94. The molecule has 1 atom stereocenters. The minimum Gasteiger partial charge on any atom is -0.380 e. The molecule has 0 aromatic heterocycles. The van der Waals surface area contributed by atoms with E-state index in [9.17, 15) is 4.79 Å². The van der Waals surface area contributed by atoms with Gasteiger partial charge in [0, 0.05) is 31.9 Å². The molecule has 0 aliphatic carbocycles. The molecule has 1 aromatic rings. The van der Waals surface area contributed by atoms with E-state index in [1.54, 1.807) is 7.11 Å². The Kier molecular flexibility index (Phi) is 7.53. The summed E-state index contributed by atoms with van der Waals surface area (Å²) in [7, 11) is 1.69. The van der Waals surface area contributed by atoms with E-state index in [0.717, 1.165) is 49.1 Å². The number of amides is 2.